The minimum atomic E-state index is -0.140. The van der Waals surface area contributed by atoms with Crippen molar-refractivity contribution in [3.05, 3.63) is 23.3 Å². The van der Waals surface area contributed by atoms with Crippen LogP contribution in [0.15, 0.2) is 22.1 Å². The topological polar surface area (TPSA) is 66.3 Å². The molecule has 0 unspecified atom stereocenters. The van der Waals surface area contributed by atoms with Crippen LogP contribution in [0.25, 0.3) is 0 Å². The summed E-state index contributed by atoms with van der Waals surface area (Å²) in [5, 5.41) is 2.77. The molecule has 0 atom stereocenters. The summed E-state index contributed by atoms with van der Waals surface area (Å²) in [6, 6.07) is 3.89. The van der Waals surface area contributed by atoms with Crippen molar-refractivity contribution in [3.8, 4) is 5.75 Å². The molecule has 0 spiro atoms. The minimum absolute atomic E-state index is 0.140. The van der Waals surface area contributed by atoms with Crippen LogP contribution in [0.3, 0.4) is 0 Å². The Morgan fingerprint density at radius 2 is 2.25 bits per heavy atom. The fourth-order valence-electron chi connectivity index (χ4n) is 2.53. The van der Waals surface area contributed by atoms with Crippen LogP contribution in [-0.4, -0.2) is 42.8 Å². The number of carbonyl (C=O) groups excluding carboxylic acids is 1. The van der Waals surface area contributed by atoms with Crippen molar-refractivity contribution in [2.75, 3.05) is 20.2 Å². The highest BCUT2D eigenvalue weighted by Gasteiger charge is 2.31. The van der Waals surface area contributed by atoms with Crippen molar-refractivity contribution in [3.63, 3.8) is 0 Å². The Morgan fingerprint density at radius 3 is 2.95 bits per heavy atom. The van der Waals surface area contributed by atoms with Gasteiger partial charge in [0.25, 0.3) is 0 Å². The van der Waals surface area contributed by atoms with Gasteiger partial charge in [0.15, 0.2) is 0 Å². The second-order valence-corrected chi connectivity index (χ2v) is 4.76. The van der Waals surface area contributed by atoms with Crippen LogP contribution in [0.1, 0.15) is 18.1 Å². The first kappa shape index (κ1) is 12.7. The Labute approximate surface area is 117 Å². The molecule has 20 heavy (non-hydrogen) atoms. The number of benzene rings is 1. The number of hydrogen-bond acceptors (Lipinski definition) is 5. The third-order valence-corrected chi connectivity index (χ3v) is 3.44. The maximum atomic E-state index is 11.3. The molecule has 104 valence electrons. The summed E-state index contributed by atoms with van der Waals surface area (Å²) in [6.45, 7) is 4.87. The monoisotopic (exact) mass is 272 g/mol. The number of amidine groups is 1. The second-order valence-electron chi connectivity index (χ2n) is 4.76. The normalized spacial score (nSPS) is 16.1. The first-order chi connectivity index (χ1) is 9.61. The lowest BCUT2D eigenvalue weighted by atomic mass is 10.0. The number of ether oxygens (including phenoxy) is 1. The van der Waals surface area contributed by atoms with Gasteiger partial charge in [-0.05, 0) is 19.1 Å². The van der Waals surface area contributed by atoms with Crippen LogP contribution < -0.4 is 10.1 Å². The molecule has 6 nitrogen and oxygen atoms in total. The van der Waals surface area contributed by atoms with Gasteiger partial charge < -0.3 is 4.74 Å². The van der Waals surface area contributed by atoms with Gasteiger partial charge in [-0.1, -0.05) is 0 Å². The Hall–Kier alpha value is -2.37. The molecule has 2 heterocycles. The van der Waals surface area contributed by atoms with E-state index in [2.05, 4.69) is 15.3 Å². The largest absolute Gasteiger partial charge is 0.496 e. The van der Waals surface area contributed by atoms with Crippen molar-refractivity contribution in [2.24, 2.45) is 9.98 Å². The van der Waals surface area contributed by atoms with E-state index >= 15 is 0 Å². The predicted molar refractivity (Wildman–Crippen MR) is 76.8 cm³/mol. The molecule has 0 saturated heterocycles. The zero-order valence-corrected chi connectivity index (χ0v) is 11.7. The summed E-state index contributed by atoms with van der Waals surface area (Å²) in [6.07, 6.45) is 0. The quantitative estimate of drug-likeness (QED) is 0.835. The van der Waals surface area contributed by atoms with Gasteiger partial charge >= 0.3 is 0 Å². The van der Waals surface area contributed by atoms with E-state index in [9.17, 15) is 4.79 Å². The summed E-state index contributed by atoms with van der Waals surface area (Å²) in [5.74, 6) is 2.04. The third-order valence-electron chi connectivity index (χ3n) is 3.44. The molecule has 0 radical (unpaired) electrons. The van der Waals surface area contributed by atoms with E-state index in [1.54, 1.807) is 7.11 Å². The average molecular weight is 272 g/mol. The van der Waals surface area contributed by atoms with Crippen LogP contribution in [0.5, 0.6) is 5.75 Å². The smallest absolute Gasteiger partial charge is 0.223 e. The van der Waals surface area contributed by atoms with Gasteiger partial charge in [-0.2, -0.15) is 0 Å². The number of rotatable bonds is 1. The van der Waals surface area contributed by atoms with Gasteiger partial charge in [-0.3, -0.25) is 20.0 Å². The molecule has 3 rings (SSSR count). The molecule has 0 bridgehead atoms. The summed E-state index contributed by atoms with van der Waals surface area (Å²) in [5.41, 5.74) is 2.74. The average Bonchev–Trinajstić information content (AvgIpc) is 2.89. The summed E-state index contributed by atoms with van der Waals surface area (Å²) in [4.78, 5) is 22.4. The van der Waals surface area contributed by atoms with Gasteiger partial charge in [0, 0.05) is 24.6 Å². The second kappa shape index (κ2) is 4.63. The molecule has 6 heteroatoms. The standard InChI is InChI=1S/C14H16N4O2/c1-8-11(20-3)5-4-10-12(8)17-14(16-9(2)19)18-7-6-15-13(10)18/h4-5H,6-7H2,1-3H3,(H,16,17,19). The Kier molecular flexibility index (Phi) is 2.93. The number of guanidine groups is 1. The number of fused-ring (bicyclic) bond motifs is 3. The predicted octanol–water partition coefficient (Wildman–Crippen LogP) is 1.20. The molecule has 0 aromatic heterocycles. The first-order valence-corrected chi connectivity index (χ1v) is 6.48. The van der Waals surface area contributed by atoms with E-state index in [1.807, 2.05) is 24.0 Å². The maximum Gasteiger partial charge on any atom is 0.223 e. The summed E-state index contributed by atoms with van der Waals surface area (Å²) >= 11 is 0. The lowest BCUT2D eigenvalue weighted by Crippen LogP contribution is -2.47. The molecule has 1 N–H and O–H groups in total. The fourth-order valence-corrected chi connectivity index (χ4v) is 2.53. The van der Waals surface area contributed by atoms with Crippen LogP contribution in [0.2, 0.25) is 0 Å². The highest BCUT2D eigenvalue weighted by Crippen LogP contribution is 2.36. The van der Waals surface area contributed by atoms with E-state index in [1.165, 1.54) is 6.92 Å². The molecule has 1 aromatic rings. The van der Waals surface area contributed by atoms with Crippen LogP contribution in [0, 0.1) is 6.92 Å². The highest BCUT2D eigenvalue weighted by atomic mass is 16.5. The zero-order chi connectivity index (χ0) is 14.3. The van der Waals surface area contributed by atoms with Crippen LogP contribution in [0.4, 0.5) is 5.69 Å². The van der Waals surface area contributed by atoms with E-state index in [0.29, 0.717) is 12.5 Å². The first-order valence-electron chi connectivity index (χ1n) is 6.48. The molecular formula is C14H16N4O2. The number of amides is 1. The van der Waals surface area contributed by atoms with Crippen LogP contribution in [-0.2, 0) is 4.79 Å². The van der Waals surface area contributed by atoms with Crippen LogP contribution >= 0.6 is 0 Å². The summed E-state index contributed by atoms with van der Waals surface area (Å²) in [7, 11) is 1.63. The lowest BCUT2D eigenvalue weighted by Gasteiger charge is -2.28. The van der Waals surface area contributed by atoms with Crippen molar-refractivity contribution < 1.29 is 9.53 Å². The molecule has 1 aromatic carbocycles. The van der Waals surface area contributed by atoms with Gasteiger partial charge in [0.2, 0.25) is 11.9 Å². The van der Waals surface area contributed by atoms with E-state index in [0.717, 1.165) is 34.9 Å². The van der Waals surface area contributed by atoms with Crippen molar-refractivity contribution >= 4 is 23.4 Å². The molecular weight excluding hydrogens is 256 g/mol. The molecule has 2 aliphatic heterocycles. The number of nitrogens with one attached hydrogen (secondary N) is 1. The number of methoxy groups -OCH3 is 1. The highest BCUT2D eigenvalue weighted by molar-refractivity contribution is 6.18. The number of hydrogen-bond donors (Lipinski definition) is 1. The van der Waals surface area contributed by atoms with E-state index in [-0.39, 0.29) is 5.91 Å². The van der Waals surface area contributed by atoms with E-state index < -0.39 is 0 Å². The lowest BCUT2D eigenvalue weighted by molar-refractivity contribution is -0.117. The van der Waals surface area contributed by atoms with Crippen molar-refractivity contribution in [2.45, 2.75) is 13.8 Å². The number of nitrogens with zero attached hydrogens (tertiary/aromatic N) is 3. The SMILES string of the molecule is COc1ccc2c(c1C)N=C(NC(C)=O)N1CCN=C21. The summed E-state index contributed by atoms with van der Waals surface area (Å²) < 4.78 is 5.33. The number of aliphatic imine (C=N–C) groups is 2. The Bertz CT molecular complexity index is 649. The van der Waals surface area contributed by atoms with Gasteiger partial charge in [-0.15, -0.1) is 0 Å². The minimum Gasteiger partial charge on any atom is -0.496 e. The van der Waals surface area contributed by atoms with Gasteiger partial charge in [0.1, 0.15) is 11.6 Å². The maximum absolute atomic E-state index is 11.3. The molecule has 0 aliphatic carbocycles. The molecule has 0 fully saturated rings. The van der Waals surface area contributed by atoms with Gasteiger partial charge in [0.05, 0.1) is 19.3 Å². The molecule has 2 aliphatic rings. The molecule has 0 saturated carbocycles. The fraction of sp³-hybridized carbons (Fsp3) is 0.357. The number of carbonyl (C=O) groups is 1. The van der Waals surface area contributed by atoms with Crippen molar-refractivity contribution in [1.29, 1.82) is 0 Å². The Morgan fingerprint density at radius 1 is 1.45 bits per heavy atom. The van der Waals surface area contributed by atoms with E-state index in [4.69, 9.17) is 4.74 Å². The zero-order valence-electron chi connectivity index (χ0n) is 11.7. The van der Waals surface area contributed by atoms with Gasteiger partial charge in [-0.25, -0.2) is 4.99 Å². The molecule has 1 amide bonds. The van der Waals surface area contributed by atoms with Crippen molar-refractivity contribution in [1.82, 2.24) is 10.2 Å². The third kappa shape index (κ3) is 1.84. The Balaban J connectivity index is 2.17.